The third-order valence-corrected chi connectivity index (χ3v) is 2.24. The van der Waals surface area contributed by atoms with Gasteiger partial charge < -0.3 is 15.3 Å². The SMILES string of the molecule is N#CC(O)C(O)c1ccc(Br)cc1O. The predicted octanol–water partition coefficient (Wildman–Crippen LogP) is 1.07. The number of aromatic hydroxyl groups is 1. The number of nitriles is 1. The van der Waals surface area contributed by atoms with Gasteiger partial charge in [0.2, 0.25) is 0 Å². The summed E-state index contributed by atoms with van der Waals surface area (Å²) in [7, 11) is 0. The molecule has 2 unspecified atom stereocenters. The molecule has 0 fully saturated rings. The average molecular weight is 258 g/mol. The van der Waals surface area contributed by atoms with Crippen LogP contribution in [0.15, 0.2) is 22.7 Å². The van der Waals surface area contributed by atoms with Crippen LogP contribution in [-0.2, 0) is 0 Å². The molecule has 0 aliphatic heterocycles. The van der Waals surface area contributed by atoms with Gasteiger partial charge in [-0.15, -0.1) is 0 Å². The second-order valence-corrected chi connectivity index (χ2v) is 3.64. The molecule has 14 heavy (non-hydrogen) atoms. The Labute approximate surface area is 89.2 Å². The molecule has 1 aromatic rings. The Hall–Kier alpha value is -1.09. The van der Waals surface area contributed by atoms with E-state index in [0.717, 1.165) is 0 Å². The van der Waals surface area contributed by atoms with E-state index in [-0.39, 0.29) is 11.3 Å². The van der Waals surface area contributed by atoms with Crippen LogP contribution in [-0.4, -0.2) is 21.4 Å². The van der Waals surface area contributed by atoms with Gasteiger partial charge in [0, 0.05) is 10.0 Å². The van der Waals surface area contributed by atoms with Gasteiger partial charge in [-0.1, -0.05) is 22.0 Å². The van der Waals surface area contributed by atoms with E-state index in [0.29, 0.717) is 4.47 Å². The highest BCUT2D eigenvalue weighted by atomic mass is 79.9. The summed E-state index contributed by atoms with van der Waals surface area (Å²) in [5.74, 6) is -0.166. The molecular weight excluding hydrogens is 250 g/mol. The van der Waals surface area contributed by atoms with Gasteiger partial charge in [0.25, 0.3) is 0 Å². The summed E-state index contributed by atoms with van der Waals surface area (Å²) < 4.78 is 0.650. The summed E-state index contributed by atoms with van der Waals surface area (Å²) >= 11 is 3.13. The van der Waals surface area contributed by atoms with Gasteiger partial charge in [-0.3, -0.25) is 0 Å². The van der Waals surface area contributed by atoms with E-state index in [2.05, 4.69) is 15.9 Å². The first-order valence-electron chi connectivity index (χ1n) is 3.80. The first kappa shape index (κ1) is 11.0. The highest BCUT2D eigenvalue weighted by Gasteiger charge is 2.20. The lowest BCUT2D eigenvalue weighted by Gasteiger charge is -2.13. The summed E-state index contributed by atoms with van der Waals surface area (Å²) in [6, 6.07) is 5.90. The molecule has 74 valence electrons. The Bertz CT molecular complexity index is 375. The molecule has 1 rings (SSSR count). The molecule has 0 amide bonds. The zero-order valence-corrected chi connectivity index (χ0v) is 8.64. The van der Waals surface area contributed by atoms with Crippen LogP contribution in [0.25, 0.3) is 0 Å². The minimum Gasteiger partial charge on any atom is -0.508 e. The molecule has 0 aliphatic carbocycles. The van der Waals surface area contributed by atoms with Crippen LogP contribution in [0, 0.1) is 11.3 Å². The van der Waals surface area contributed by atoms with Crippen molar-refractivity contribution in [2.75, 3.05) is 0 Å². The van der Waals surface area contributed by atoms with Gasteiger partial charge in [0.15, 0.2) is 6.10 Å². The molecule has 0 heterocycles. The minimum atomic E-state index is -1.54. The lowest BCUT2D eigenvalue weighted by molar-refractivity contribution is 0.0511. The molecule has 0 saturated carbocycles. The Morgan fingerprint density at radius 1 is 1.36 bits per heavy atom. The minimum absolute atomic E-state index is 0.127. The molecule has 2 atom stereocenters. The van der Waals surface area contributed by atoms with Crippen molar-refractivity contribution in [3.05, 3.63) is 28.2 Å². The fraction of sp³-hybridized carbons (Fsp3) is 0.222. The molecule has 0 bridgehead atoms. The lowest BCUT2D eigenvalue weighted by Crippen LogP contribution is -2.15. The van der Waals surface area contributed by atoms with Crippen molar-refractivity contribution in [2.24, 2.45) is 0 Å². The lowest BCUT2D eigenvalue weighted by atomic mass is 10.0. The monoisotopic (exact) mass is 257 g/mol. The van der Waals surface area contributed by atoms with E-state index in [4.69, 9.17) is 10.4 Å². The van der Waals surface area contributed by atoms with Gasteiger partial charge in [0.1, 0.15) is 11.9 Å². The number of halogens is 1. The largest absolute Gasteiger partial charge is 0.508 e. The van der Waals surface area contributed by atoms with Crippen molar-refractivity contribution in [3.8, 4) is 11.8 Å². The molecule has 0 aliphatic rings. The van der Waals surface area contributed by atoms with Crippen molar-refractivity contribution >= 4 is 15.9 Å². The Morgan fingerprint density at radius 2 is 2.00 bits per heavy atom. The smallest absolute Gasteiger partial charge is 0.170 e. The number of aliphatic hydroxyl groups is 2. The number of hydrogen-bond donors (Lipinski definition) is 3. The van der Waals surface area contributed by atoms with Gasteiger partial charge in [-0.2, -0.15) is 5.26 Å². The van der Waals surface area contributed by atoms with E-state index in [1.807, 2.05) is 0 Å². The molecule has 0 radical (unpaired) electrons. The van der Waals surface area contributed by atoms with E-state index < -0.39 is 12.2 Å². The van der Waals surface area contributed by atoms with E-state index in [9.17, 15) is 10.2 Å². The van der Waals surface area contributed by atoms with E-state index >= 15 is 0 Å². The maximum Gasteiger partial charge on any atom is 0.170 e. The summed E-state index contributed by atoms with van der Waals surface area (Å²) in [5.41, 5.74) is 0.127. The number of phenolic OH excluding ortho intramolecular Hbond substituents is 1. The maximum atomic E-state index is 9.41. The number of aliphatic hydroxyl groups excluding tert-OH is 2. The zero-order valence-electron chi connectivity index (χ0n) is 7.05. The van der Waals surface area contributed by atoms with Crippen LogP contribution in [0.2, 0.25) is 0 Å². The number of nitrogens with zero attached hydrogens (tertiary/aromatic N) is 1. The highest BCUT2D eigenvalue weighted by molar-refractivity contribution is 9.10. The van der Waals surface area contributed by atoms with Crippen molar-refractivity contribution in [1.29, 1.82) is 5.26 Å². The third-order valence-electron chi connectivity index (χ3n) is 1.74. The summed E-state index contributed by atoms with van der Waals surface area (Å²) in [6.45, 7) is 0. The quantitative estimate of drug-likeness (QED) is 0.693. The van der Waals surface area contributed by atoms with E-state index in [1.54, 1.807) is 6.07 Å². The topological polar surface area (TPSA) is 84.5 Å². The molecule has 0 aromatic heterocycles. The maximum absolute atomic E-state index is 9.41. The molecule has 3 N–H and O–H groups in total. The van der Waals surface area contributed by atoms with Crippen LogP contribution in [0.5, 0.6) is 5.75 Å². The van der Waals surface area contributed by atoms with Gasteiger partial charge in [-0.25, -0.2) is 0 Å². The predicted molar refractivity (Wildman–Crippen MR) is 52.4 cm³/mol. The fourth-order valence-electron chi connectivity index (χ4n) is 1.01. The molecule has 0 spiro atoms. The number of benzene rings is 1. The molecule has 4 nitrogen and oxygen atoms in total. The molecule has 1 aromatic carbocycles. The first-order valence-corrected chi connectivity index (χ1v) is 4.59. The zero-order chi connectivity index (χ0) is 10.7. The normalized spacial score (nSPS) is 14.4. The van der Waals surface area contributed by atoms with Crippen LogP contribution in [0.3, 0.4) is 0 Å². The fourth-order valence-corrected chi connectivity index (χ4v) is 1.36. The highest BCUT2D eigenvalue weighted by Crippen LogP contribution is 2.28. The van der Waals surface area contributed by atoms with E-state index in [1.165, 1.54) is 18.2 Å². The summed E-state index contributed by atoms with van der Waals surface area (Å²) in [4.78, 5) is 0. The molecule has 0 saturated heterocycles. The first-order chi connectivity index (χ1) is 6.56. The second kappa shape index (κ2) is 4.42. The average Bonchev–Trinajstić information content (AvgIpc) is 2.15. The number of hydrogen-bond acceptors (Lipinski definition) is 4. The van der Waals surface area contributed by atoms with Gasteiger partial charge in [-0.05, 0) is 12.1 Å². The van der Waals surface area contributed by atoms with Crippen molar-refractivity contribution in [3.63, 3.8) is 0 Å². The van der Waals surface area contributed by atoms with Crippen LogP contribution >= 0.6 is 15.9 Å². The van der Waals surface area contributed by atoms with Crippen LogP contribution < -0.4 is 0 Å². The standard InChI is InChI=1S/C9H8BrNO3/c10-5-1-2-6(7(12)3-5)9(14)8(13)4-11/h1-3,8-9,12-14H. The van der Waals surface area contributed by atoms with Crippen molar-refractivity contribution in [2.45, 2.75) is 12.2 Å². The second-order valence-electron chi connectivity index (χ2n) is 2.72. The Morgan fingerprint density at radius 3 is 2.50 bits per heavy atom. The Kier molecular flexibility index (Phi) is 3.47. The number of rotatable bonds is 2. The molecule has 5 heteroatoms. The van der Waals surface area contributed by atoms with Crippen LogP contribution in [0.4, 0.5) is 0 Å². The molecular formula is C9H8BrNO3. The third kappa shape index (κ3) is 2.23. The van der Waals surface area contributed by atoms with Crippen molar-refractivity contribution in [1.82, 2.24) is 0 Å². The van der Waals surface area contributed by atoms with Crippen molar-refractivity contribution < 1.29 is 15.3 Å². The Balaban J connectivity index is 3.03. The summed E-state index contributed by atoms with van der Waals surface area (Å²) in [5, 5.41) is 36.2. The number of phenols is 1. The van der Waals surface area contributed by atoms with Crippen LogP contribution in [0.1, 0.15) is 11.7 Å². The van der Waals surface area contributed by atoms with Gasteiger partial charge >= 0.3 is 0 Å². The van der Waals surface area contributed by atoms with Gasteiger partial charge in [0.05, 0.1) is 6.07 Å². The summed E-state index contributed by atoms with van der Waals surface area (Å²) in [6.07, 6.45) is -2.94.